The van der Waals surface area contributed by atoms with E-state index in [-0.39, 0.29) is 11.5 Å². The molecular formula is C14H18O7. The van der Waals surface area contributed by atoms with Crippen molar-refractivity contribution in [1.29, 1.82) is 0 Å². The number of rotatable bonds is 2. The van der Waals surface area contributed by atoms with Gasteiger partial charge in [-0.15, -0.1) is 0 Å². The monoisotopic (exact) mass is 298 g/mol. The molecule has 116 valence electrons. The molecule has 7 heteroatoms. The molecule has 0 aromatic rings. The Balaban J connectivity index is 1.98. The number of carbonyl (C=O) groups excluding carboxylic acids is 2. The largest absolute Gasteiger partial charge is 0.472 e. The highest BCUT2D eigenvalue weighted by Gasteiger charge is 2.69. The van der Waals surface area contributed by atoms with Crippen molar-refractivity contribution in [3.8, 4) is 0 Å². The molecular weight excluding hydrogens is 280 g/mol. The molecule has 0 bridgehead atoms. The predicted molar refractivity (Wildman–Crippen MR) is 67.4 cm³/mol. The summed E-state index contributed by atoms with van der Waals surface area (Å²) in [7, 11) is 0. The van der Waals surface area contributed by atoms with Crippen molar-refractivity contribution in [3.63, 3.8) is 0 Å². The van der Waals surface area contributed by atoms with Gasteiger partial charge in [0.2, 0.25) is 6.29 Å². The van der Waals surface area contributed by atoms with Gasteiger partial charge in [-0.1, -0.05) is 13.8 Å². The van der Waals surface area contributed by atoms with Gasteiger partial charge < -0.3 is 24.4 Å². The number of esters is 2. The van der Waals surface area contributed by atoms with E-state index in [4.69, 9.17) is 14.2 Å². The van der Waals surface area contributed by atoms with Gasteiger partial charge in [0.1, 0.15) is 11.7 Å². The standard InChI is InChI=1S/C14H18O7/c1-5(2)11(15)21-10-9-7-6(12(16)20-9)4-19-13(17)8(7)14(10,3)18/h4-5,7-10,13,17-18H,1-3H3/t7-,8-,9+,10+,13?,14-/m1/s1. The lowest BCUT2D eigenvalue weighted by atomic mass is 9.81. The molecule has 0 spiro atoms. The maximum Gasteiger partial charge on any atom is 0.338 e. The number of ether oxygens (including phenoxy) is 3. The smallest absolute Gasteiger partial charge is 0.338 e. The van der Waals surface area contributed by atoms with Crippen molar-refractivity contribution in [2.45, 2.75) is 44.9 Å². The number of hydrogen-bond acceptors (Lipinski definition) is 7. The van der Waals surface area contributed by atoms with Gasteiger partial charge in [0, 0.05) is 5.92 Å². The second kappa shape index (κ2) is 4.45. The fraction of sp³-hybridized carbons (Fsp3) is 0.714. The summed E-state index contributed by atoms with van der Waals surface area (Å²) in [5.74, 6) is -2.78. The highest BCUT2D eigenvalue weighted by molar-refractivity contribution is 5.92. The fourth-order valence-corrected chi connectivity index (χ4v) is 3.38. The minimum atomic E-state index is -1.56. The Bertz CT molecular complexity index is 521. The summed E-state index contributed by atoms with van der Waals surface area (Å²) in [4.78, 5) is 23.7. The van der Waals surface area contributed by atoms with Crippen molar-refractivity contribution in [2.24, 2.45) is 17.8 Å². The maximum absolute atomic E-state index is 11.8. The van der Waals surface area contributed by atoms with Crippen LogP contribution < -0.4 is 0 Å². The van der Waals surface area contributed by atoms with Crippen LogP contribution in [0, 0.1) is 17.8 Å². The van der Waals surface area contributed by atoms with Crippen LogP contribution >= 0.6 is 0 Å². The Hall–Kier alpha value is -1.60. The van der Waals surface area contributed by atoms with Crippen molar-refractivity contribution < 1.29 is 34.0 Å². The van der Waals surface area contributed by atoms with E-state index >= 15 is 0 Å². The summed E-state index contributed by atoms with van der Waals surface area (Å²) >= 11 is 0. The molecule has 0 aromatic heterocycles. The first-order valence-electron chi connectivity index (χ1n) is 6.92. The number of aliphatic hydroxyl groups excluding tert-OH is 1. The first-order chi connectivity index (χ1) is 9.75. The minimum Gasteiger partial charge on any atom is -0.472 e. The van der Waals surface area contributed by atoms with Crippen LogP contribution in [-0.2, 0) is 23.8 Å². The Morgan fingerprint density at radius 2 is 2.14 bits per heavy atom. The number of hydrogen-bond donors (Lipinski definition) is 2. The second-order valence-electron chi connectivity index (χ2n) is 6.26. The number of aliphatic hydroxyl groups is 2. The molecule has 1 aliphatic carbocycles. The first kappa shape index (κ1) is 14.3. The summed E-state index contributed by atoms with van der Waals surface area (Å²) in [6, 6.07) is 0. The van der Waals surface area contributed by atoms with E-state index in [9.17, 15) is 19.8 Å². The third-order valence-electron chi connectivity index (χ3n) is 4.48. The Kier molecular flexibility index (Phi) is 3.04. The van der Waals surface area contributed by atoms with Crippen molar-refractivity contribution in [2.75, 3.05) is 0 Å². The average Bonchev–Trinajstić information content (AvgIpc) is 2.81. The summed E-state index contributed by atoms with van der Waals surface area (Å²) in [5.41, 5.74) is -1.29. The van der Waals surface area contributed by atoms with Crippen LogP contribution in [-0.4, -0.2) is 46.3 Å². The molecule has 3 aliphatic rings. The molecule has 6 atom stereocenters. The van der Waals surface area contributed by atoms with Gasteiger partial charge in [0.25, 0.3) is 0 Å². The van der Waals surface area contributed by atoms with E-state index in [0.717, 1.165) is 6.26 Å². The van der Waals surface area contributed by atoms with E-state index in [1.54, 1.807) is 13.8 Å². The van der Waals surface area contributed by atoms with Crippen LogP contribution in [0.3, 0.4) is 0 Å². The van der Waals surface area contributed by atoms with Crippen LogP contribution in [0.15, 0.2) is 11.8 Å². The Labute approximate surface area is 121 Å². The van der Waals surface area contributed by atoms with E-state index in [1.807, 2.05) is 0 Å². The summed E-state index contributed by atoms with van der Waals surface area (Å²) in [5, 5.41) is 20.7. The third kappa shape index (κ3) is 1.87. The zero-order valence-electron chi connectivity index (χ0n) is 12.0. The number of carbonyl (C=O) groups is 2. The normalized spacial score (nSPS) is 44.0. The van der Waals surface area contributed by atoms with Gasteiger partial charge in [0.05, 0.1) is 23.7 Å². The van der Waals surface area contributed by atoms with Gasteiger partial charge in [0.15, 0.2) is 6.10 Å². The van der Waals surface area contributed by atoms with E-state index in [2.05, 4.69) is 0 Å². The molecule has 1 saturated heterocycles. The summed E-state index contributed by atoms with van der Waals surface area (Å²) in [6.07, 6.45) is -1.95. The minimum absolute atomic E-state index is 0.263. The molecule has 1 saturated carbocycles. The van der Waals surface area contributed by atoms with E-state index in [1.165, 1.54) is 6.92 Å². The Morgan fingerprint density at radius 1 is 1.48 bits per heavy atom. The quantitative estimate of drug-likeness (QED) is 0.675. The zero-order valence-corrected chi connectivity index (χ0v) is 12.0. The molecule has 2 N–H and O–H groups in total. The predicted octanol–water partition coefficient (Wildman–Crippen LogP) is -0.291. The molecule has 7 nitrogen and oxygen atoms in total. The lowest BCUT2D eigenvalue weighted by Crippen LogP contribution is -2.51. The lowest BCUT2D eigenvalue weighted by Gasteiger charge is -2.36. The molecule has 3 rings (SSSR count). The van der Waals surface area contributed by atoms with Gasteiger partial charge in [-0.25, -0.2) is 4.79 Å². The SMILES string of the molecule is CC(C)C(=O)O[C@H]1[C@H]2OC(=O)C3=COC(O)[C@@H]([C@@H]32)[C@@]1(C)O. The summed E-state index contributed by atoms with van der Waals surface area (Å²) in [6.45, 7) is 4.80. The van der Waals surface area contributed by atoms with Gasteiger partial charge >= 0.3 is 11.9 Å². The maximum atomic E-state index is 11.8. The first-order valence-corrected chi connectivity index (χ1v) is 6.92. The van der Waals surface area contributed by atoms with Crippen LogP contribution in [0.4, 0.5) is 0 Å². The zero-order chi connectivity index (χ0) is 15.5. The van der Waals surface area contributed by atoms with Crippen LogP contribution in [0.2, 0.25) is 0 Å². The molecule has 0 aromatic carbocycles. The Morgan fingerprint density at radius 3 is 2.76 bits per heavy atom. The van der Waals surface area contributed by atoms with Crippen LogP contribution in [0.25, 0.3) is 0 Å². The van der Waals surface area contributed by atoms with E-state index in [0.29, 0.717) is 0 Å². The second-order valence-corrected chi connectivity index (χ2v) is 6.26. The van der Waals surface area contributed by atoms with Gasteiger partial charge in [-0.3, -0.25) is 4.79 Å². The topological polar surface area (TPSA) is 102 Å². The average molecular weight is 298 g/mol. The fourth-order valence-electron chi connectivity index (χ4n) is 3.38. The van der Waals surface area contributed by atoms with Crippen LogP contribution in [0.1, 0.15) is 20.8 Å². The van der Waals surface area contributed by atoms with Crippen molar-refractivity contribution in [3.05, 3.63) is 11.8 Å². The molecule has 2 aliphatic heterocycles. The van der Waals surface area contributed by atoms with Crippen molar-refractivity contribution >= 4 is 11.9 Å². The lowest BCUT2D eigenvalue weighted by molar-refractivity contribution is -0.198. The molecule has 21 heavy (non-hydrogen) atoms. The third-order valence-corrected chi connectivity index (χ3v) is 4.48. The molecule has 0 amide bonds. The molecule has 2 fully saturated rings. The molecule has 0 radical (unpaired) electrons. The van der Waals surface area contributed by atoms with Gasteiger partial charge in [-0.2, -0.15) is 0 Å². The van der Waals surface area contributed by atoms with Crippen molar-refractivity contribution in [1.82, 2.24) is 0 Å². The van der Waals surface area contributed by atoms with E-state index < -0.39 is 47.9 Å². The summed E-state index contributed by atoms with van der Waals surface area (Å²) < 4.78 is 15.6. The van der Waals surface area contributed by atoms with Crippen LogP contribution in [0.5, 0.6) is 0 Å². The van der Waals surface area contributed by atoms with Gasteiger partial charge in [-0.05, 0) is 6.92 Å². The molecule has 2 heterocycles. The molecule has 1 unspecified atom stereocenters. The highest BCUT2D eigenvalue weighted by atomic mass is 16.6. The highest BCUT2D eigenvalue weighted by Crippen LogP contribution is 2.54.